The molecule has 1 aliphatic heterocycles. The van der Waals surface area contributed by atoms with Crippen molar-refractivity contribution in [3.8, 4) is 5.75 Å². The van der Waals surface area contributed by atoms with Crippen LogP contribution in [0.1, 0.15) is 13.3 Å². The van der Waals surface area contributed by atoms with Crippen LogP contribution in [0.4, 0.5) is 5.69 Å². The number of nitrogens with zero attached hydrogens (tertiary/aromatic N) is 1. The van der Waals surface area contributed by atoms with Gasteiger partial charge in [0, 0.05) is 26.1 Å². The molecule has 6 nitrogen and oxygen atoms in total. The van der Waals surface area contributed by atoms with Gasteiger partial charge in [-0.1, -0.05) is 19.1 Å². The number of hydrogen-bond donors (Lipinski definition) is 2. The highest BCUT2D eigenvalue weighted by Crippen LogP contribution is 2.32. The molecule has 23 heavy (non-hydrogen) atoms. The van der Waals surface area contributed by atoms with Crippen molar-refractivity contribution < 1.29 is 14.3 Å². The fourth-order valence-electron chi connectivity index (χ4n) is 2.56. The van der Waals surface area contributed by atoms with Crippen LogP contribution in [0, 0.1) is 5.92 Å². The van der Waals surface area contributed by atoms with Crippen LogP contribution in [0.2, 0.25) is 0 Å². The average molecular weight is 342 g/mol. The Kier molecular flexibility index (Phi) is 7.85. The van der Waals surface area contributed by atoms with Gasteiger partial charge in [-0.25, -0.2) is 0 Å². The maximum Gasteiger partial charge on any atom is 0.227 e. The molecule has 0 spiro atoms. The van der Waals surface area contributed by atoms with E-state index in [1.54, 1.807) is 12.0 Å². The molecule has 1 atom stereocenters. The maximum atomic E-state index is 12.2. The van der Waals surface area contributed by atoms with Crippen LogP contribution in [0.25, 0.3) is 0 Å². The summed E-state index contributed by atoms with van der Waals surface area (Å²) in [5, 5.41) is 6.01. The van der Waals surface area contributed by atoms with Gasteiger partial charge in [0.1, 0.15) is 5.75 Å². The molecule has 1 aliphatic rings. The van der Waals surface area contributed by atoms with Gasteiger partial charge in [-0.2, -0.15) is 0 Å². The van der Waals surface area contributed by atoms with Crippen LogP contribution >= 0.6 is 12.4 Å². The number of carbonyl (C=O) groups is 2. The van der Waals surface area contributed by atoms with Crippen LogP contribution in [0.3, 0.4) is 0 Å². The monoisotopic (exact) mass is 341 g/mol. The van der Waals surface area contributed by atoms with E-state index in [4.69, 9.17) is 4.74 Å². The molecule has 1 fully saturated rings. The standard InChI is InChI=1S/C16H23N3O3.ClH/c1-3-17-8-9-18-16(21)12-10-15(20)19(11-12)13-6-4-5-7-14(13)22-2;/h4-7,12,17H,3,8-11H2,1-2H3,(H,18,21);1H. The van der Waals surface area contributed by atoms with E-state index >= 15 is 0 Å². The van der Waals surface area contributed by atoms with Gasteiger partial charge >= 0.3 is 0 Å². The molecule has 0 bridgehead atoms. The second kappa shape index (κ2) is 9.37. The number of nitrogens with one attached hydrogen (secondary N) is 2. The second-order valence-corrected chi connectivity index (χ2v) is 5.22. The summed E-state index contributed by atoms with van der Waals surface area (Å²) in [5.41, 5.74) is 0.720. The van der Waals surface area contributed by atoms with Crippen molar-refractivity contribution in [2.75, 3.05) is 38.2 Å². The van der Waals surface area contributed by atoms with Gasteiger partial charge in [0.05, 0.1) is 18.7 Å². The average Bonchev–Trinajstić information content (AvgIpc) is 2.93. The lowest BCUT2D eigenvalue weighted by molar-refractivity contribution is -0.126. The molecule has 1 aromatic carbocycles. The molecule has 2 N–H and O–H groups in total. The lowest BCUT2D eigenvalue weighted by atomic mass is 10.1. The largest absolute Gasteiger partial charge is 0.495 e. The minimum absolute atomic E-state index is 0. The molecule has 128 valence electrons. The first-order chi connectivity index (χ1) is 10.7. The van der Waals surface area contributed by atoms with Crippen LogP contribution in [-0.2, 0) is 9.59 Å². The zero-order valence-electron chi connectivity index (χ0n) is 13.5. The number of ether oxygens (including phenoxy) is 1. The predicted molar refractivity (Wildman–Crippen MR) is 92.3 cm³/mol. The van der Waals surface area contributed by atoms with Gasteiger partial charge < -0.3 is 20.3 Å². The third kappa shape index (κ3) is 4.84. The Balaban J connectivity index is 0.00000264. The van der Waals surface area contributed by atoms with Gasteiger partial charge in [0.15, 0.2) is 0 Å². The van der Waals surface area contributed by atoms with Crippen molar-refractivity contribution in [2.45, 2.75) is 13.3 Å². The molecular formula is C16H24ClN3O3. The number of halogens is 1. The molecule has 1 unspecified atom stereocenters. The minimum atomic E-state index is -0.306. The van der Waals surface area contributed by atoms with E-state index in [9.17, 15) is 9.59 Å². The maximum absolute atomic E-state index is 12.2. The highest BCUT2D eigenvalue weighted by atomic mass is 35.5. The predicted octanol–water partition coefficient (Wildman–Crippen LogP) is 1.20. The number of methoxy groups -OCH3 is 1. The summed E-state index contributed by atoms with van der Waals surface area (Å²) in [6, 6.07) is 7.36. The number of hydrogen-bond acceptors (Lipinski definition) is 4. The van der Waals surface area contributed by atoms with Gasteiger partial charge in [-0.05, 0) is 18.7 Å². The molecule has 1 heterocycles. The molecule has 2 amide bonds. The highest BCUT2D eigenvalue weighted by molar-refractivity contribution is 6.01. The number of carbonyl (C=O) groups excluding carboxylic acids is 2. The van der Waals surface area contributed by atoms with Crippen LogP contribution in [0.15, 0.2) is 24.3 Å². The first-order valence-corrected chi connectivity index (χ1v) is 7.59. The lowest BCUT2D eigenvalue weighted by Gasteiger charge is -2.19. The summed E-state index contributed by atoms with van der Waals surface area (Å²) in [6.45, 7) is 4.60. The van der Waals surface area contributed by atoms with E-state index in [0.29, 0.717) is 18.8 Å². The molecule has 0 saturated carbocycles. The van der Waals surface area contributed by atoms with Crippen LogP contribution < -0.4 is 20.3 Å². The SMILES string of the molecule is CCNCCNC(=O)C1CC(=O)N(c2ccccc2OC)C1.Cl. The van der Waals surface area contributed by atoms with E-state index in [-0.39, 0.29) is 36.6 Å². The summed E-state index contributed by atoms with van der Waals surface area (Å²) < 4.78 is 5.29. The van der Waals surface area contributed by atoms with Crippen molar-refractivity contribution in [2.24, 2.45) is 5.92 Å². The summed E-state index contributed by atoms with van der Waals surface area (Å²) in [6.07, 6.45) is 0.241. The second-order valence-electron chi connectivity index (χ2n) is 5.22. The quantitative estimate of drug-likeness (QED) is 0.731. The van der Waals surface area contributed by atoms with Gasteiger partial charge in [-0.15, -0.1) is 12.4 Å². The zero-order chi connectivity index (χ0) is 15.9. The number of anilines is 1. The van der Waals surface area contributed by atoms with Crippen LogP contribution in [-0.4, -0.2) is 45.1 Å². The first-order valence-electron chi connectivity index (χ1n) is 7.59. The normalized spacial score (nSPS) is 16.9. The highest BCUT2D eigenvalue weighted by Gasteiger charge is 2.35. The summed E-state index contributed by atoms with van der Waals surface area (Å²) >= 11 is 0. The molecule has 1 aromatic rings. The van der Waals surface area contributed by atoms with E-state index in [2.05, 4.69) is 10.6 Å². The summed E-state index contributed by atoms with van der Waals surface area (Å²) in [7, 11) is 1.57. The molecule has 0 aromatic heterocycles. The number of benzene rings is 1. The number of rotatable bonds is 7. The molecular weight excluding hydrogens is 318 g/mol. The molecule has 1 saturated heterocycles. The number of likely N-dealkylation sites (N-methyl/N-ethyl adjacent to an activating group) is 1. The Hall–Kier alpha value is -1.79. The van der Waals surface area contributed by atoms with Crippen LogP contribution in [0.5, 0.6) is 5.75 Å². The van der Waals surface area contributed by atoms with Crippen molar-refractivity contribution in [3.63, 3.8) is 0 Å². The molecule has 2 rings (SSSR count). The number of amides is 2. The van der Waals surface area contributed by atoms with E-state index in [1.165, 1.54) is 0 Å². The van der Waals surface area contributed by atoms with Gasteiger partial charge in [0.2, 0.25) is 11.8 Å². The smallest absolute Gasteiger partial charge is 0.227 e. The third-order valence-electron chi connectivity index (χ3n) is 3.72. The van der Waals surface area contributed by atoms with E-state index in [0.717, 1.165) is 18.8 Å². The summed E-state index contributed by atoms with van der Waals surface area (Å²) in [4.78, 5) is 26.0. The Morgan fingerprint density at radius 3 is 2.78 bits per heavy atom. The Morgan fingerprint density at radius 2 is 2.09 bits per heavy atom. The van der Waals surface area contributed by atoms with Gasteiger partial charge in [0.25, 0.3) is 0 Å². The minimum Gasteiger partial charge on any atom is -0.495 e. The summed E-state index contributed by atoms with van der Waals surface area (Å²) in [5.74, 6) is 0.225. The Bertz CT molecular complexity index is 539. The van der Waals surface area contributed by atoms with Crippen molar-refractivity contribution in [1.29, 1.82) is 0 Å². The molecule has 0 radical (unpaired) electrons. The number of para-hydroxylation sites is 2. The Morgan fingerprint density at radius 1 is 1.35 bits per heavy atom. The molecule has 0 aliphatic carbocycles. The fourth-order valence-corrected chi connectivity index (χ4v) is 2.56. The van der Waals surface area contributed by atoms with Crippen molar-refractivity contribution in [1.82, 2.24) is 10.6 Å². The Labute approximate surface area is 143 Å². The molecule has 7 heteroatoms. The topological polar surface area (TPSA) is 70.7 Å². The fraction of sp³-hybridized carbons (Fsp3) is 0.500. The third-order valence-corrected chi connectivity index (χ3v) is 3.72. The van der Waals surface area contributed by atoms with Crippen molar-refractivity contribution >= 4 is 29.9 Å². The zero-order valence-corrected chi connectivity index (χ0v) is 14.3. The first kappa shape index (κ1) is 19.3. The van der Waals surface area contributed by atoms with E-state index < -0.39 is 0 Å². The van der Waals surface area contributed by atoms with Crippen molar-refractivity contribution in [3.05, 3.63) is 24.3 Å². The lowest BCUT2D eigenvalue weighted by Crippen LogP contribution is -2.37. The van der Waals surface area contributed by atoms with E-state index in [1.807, 2.05) is 31.2 Å². The van der Waals surface area contributed by atoms with Gasteiger partial charge in [-0.3, -0.25) is 9.59 Å².